The van der Waals surface area contributed by atoms with Gasteiger partial charge in [-0.1, -0.05) is 60.7 Å². The summed E-state index contributed by atoms with van der Waals surface area (Å²) < 4.78 is 7.46. The molecule has 0 saturated heterocycles. The van der Waals surface area contributed by atoms with Crippen LogP contribution in [-0.2, 0) is 16.1 Å². The normalized spacial score (nSPS) is 11.6. The molecular weight excluding hydrogens is 416 g/mol. The molecule has 2 heterocycles. The Labute approximate surface area is 192 Å². The summed E-state index contributed by atoms with van der Waals surface area (Å²) in [6.45, 7) is 0.486. The van der Waals surface area contributed by atoms with Crippen molar-refractivity contribution in [3.8, 4) is 11.3 Å². The largest absolute Gasteiger partial charge is 0.444 e. The number of likely N-dealkylation sites (N-methyl/N-ethyl adjacent to an activating group) is 1. The first kappa shape index (κ1) is 22.0. The summed E-state index contributed by atoms with van der Waals surface area (Å²) in [6, 6.07) is 22.4. The summed E-state index contributed by atoms with van der Waals surface area (Å²) in [5.41, 5.74) is 3.05. The third-order valence-electron chi connectivity index (χ3n) is 5.10. The second-order valence-electron chi connectivity index (χ2n) is 7.74. The summed E-state index contributed by atoms with van der Waals surface area (Å²) >= 11 is 0. The lowest BCUT2D eigenvalue weighted by atomic mass is 10.1. The van der Waals surface area contributed by atoms with E-state index in [0.29, 0.717) is 23.4 Å². The van der Waals surface area contributed by atoms with E-state index in [9.17, 15) is 9.59 Å². The van der Waals surface area contributed by atoms with E-state index in [2.05, 4.69) is 10.1 Å². The van der Waals surface area contributed by atoms with E-state index < -0.39 is 12.1 Å². The number of amides is 1. The molecular formula is C26H24N4O3. The van der Waals surface area contributed by atoms with Gasteiger partial charge < -0.3 is 9.64 Å². The molecule has 0 spiro atoms. The maximum Gasteiger partial charge on any atom is 0.343 e. The Hall–Kier alpha value is -4.26. The van der Waals surface area contributed by atoms with Gasteiger partial charge in [-0.15, -0.1) is 0 Å². The van der Waals surface area contributed by atoms with Crippen molar-refractivity contribution in [3.63, 3.8) is 0 Å². The number of carbonyl (C=O) groups is 2. The number of esters is 1. The average Bonchev–Trinajstić information content (AvgIpc) is 3.27. The van der Waals surface area contributed by atoms with E-state index in [1.54, 1.807) is 67.7 Å². The van der Waals surface area contributed by atoms with Crippen molar-refractivity contribution in [2.24, 2.45) is 0 Å². The highest BCUT2D eigenvalue weighted by atomic mass is 16.5. The molecule has 166 valence electrons. The van der Waals surface area contributed by atoms with Crippen molar-refractivity contribution < 1.29 is 14.3 Å². The fraction of sp³-hybridized carbons (Fsp3) is 0.154. The Balaban J connectivity index is 1.69. The van der Waals surface area contributed by atoms with E-state index in [-0.39, 0.29) is 11.5 Å². The fourth-order valence-electron chi connectivity index (χ4n) is 3.43. The molecule has 4 aromatic rings. The Morgan fingerprint density at radius 3 is 2.30 bits per heavy atom. The second kappa shape index (κ2) is 9.91. The quantitative estimate of drug-likeness (QED) is 0.406. The minimum atomic E-state index is -1.06. The van der Waals surface area contributed by atoms with Crippen LogP contribution in [0.3, 0.4) is 0 Å². The summed E-state index contributed by atoms with van der Waals surface area (Å²) in [7, 11) is 3.26. The predicted octanol–water partition coefficient (Wildman–Crippen LogP) is 3.98. The number of pyridine rings is 1. The van der Waals surface area contributed by atoms with Gasteiger partial charge in [0, 0.05) is 43.8 Å². The van der Waals surface area contributed by atoms with E-state index in [1.165, 1.54) is 4.90 Å². The minimum Gasteiger partial charge on any atom is -0.444 e. The van der Waals surface area contributed by atoms with Crippen LogP contribution in [0.4, 0.5) is 0 Å². The molecule has 2 aromatic carbocycles. The molecule has 0 N–H and O–H groups in total. The second-order valence-corrected chi connectivity index (χ2v) is 7.74. The van der Waals surface area contributed by atoms with Gasteiger partial charge in [0.2, 0.25) is 6.10 Å². The van der Waals surface area contributed by atoms with Crippen molar-refractivity contribution in [1.82, 2.24) is 19.7 Å². The maximum atomic E-state index is 13.3. The summed E-state index contributed by atoms with van der Waals surface area (Å²) in [5, 5.41) is 4.64. The average molecular weight is 441 g/mol. The molecule has 0 radical (unpaired) electrons. The highest BCUT2D eigenvalue weighted by Crippen LogP contribution is 2.26. The highest BCUT2D eigenvalue weighted by Gasteiger charge is 2.29. The first-order valence-electron chi connectivity index (χ1n) is 10.5. The van der Waals surface area contributed by atoms with Crippen molar-refractivity contribution in [2.75, 3.05) is 14.1 Å². The number of ether oxygens (including phenoxy) is 1. The van der Waals surface area contributed by atoms with E-state index in [0.717, 1.165) is 5.56 Å². The Bertz CT molecular complexity index is 1220. The van der Waals surface area contributed by atoms with Crippen molar-refractivity contribution >= 4 is 11.9 Å². The number of rotatable bonds is 7. The molecule has 1 amide bonds. The van der Waals surface area contributed by atoms with Crippen LogP contribution in [0.1, 0.15) is 27.6 Å². The van der Waals surface area contributed by atoms with Gasteiger partial charge in [-0.3, -0.25) is 14.5 Å². The van der Waals surface area contributed by atoms with Crippen molar-refractivity contribution in [3.05, 3.63) is 108 Å². The Morgan fingerprint density at radius 1 is 0.970 bits per heavy atom. The number of hydrogen-bond donors (Lipinski definition) is 0. The standard InChI is InChI=1S/C26H24N4O3/c1-29(2)25(31)24(20-12-7-4-8-13-20)33-26(32)22-18-30(17-19-10-5-3-6-11-19)28-23(22)21-14-9-15-27-16-21/h3-16,18,24H,17H2,1-2H3/t24-/m1/s1. The lowest BCUT2D eigenvalue weighted by Gasteiger charge is -2.21. The van der Waals surface area contributed by atoms with Gasteiger partial charge in [0.05, 0.1) is 6.54 Å². The molecule has 4 rings (SSSR count). The van der Waals surface area contributed by atoms with Crippen LogP contribution in [-0.4, -0.2) is 45.6 Å². The van der Waals surface area contributed by atoms with Gasteiger partial charge in [-0.05, 0) is 17.7 Å². The van der Waals surface area contributed by atoms with Crippen LogP contribution in [0, 0.1) is 0 Å². The molecule has 7 heteroatoms. The lowest BCUT2D eigenvalue weighted by molar-refractivity contribution is -0.138. The molecule has 0 aliphatic carbocycles. The third-order valence-corrected chi connectivity index (χ3v) is 5.10. The molecule has 1 atom stereocenters. The molecule has 7 nitrogen and oxygen atoms in total. The summed E-state index contributed by atoms with van der Waals surface area (Å²) in [4.78, 5) is 31.7. The van der Waals surface area contributed by atoms with Crippen LogP contribution in [0.5, 0.6) is 0 Å². The Morgan fingerprint density at radius 2 is 1.67 bits per heavy atom. The number of hydrogen-bond acceptors (Lipinski definition) is 5. The van der Waals surface area contributed by atoms with E-state index in [1.807, 2.05) is 42.5 Å². The van der Waals surface area contributed by atoms with Crippen LogP contribution in [0.25, 0.3) is 11.3 Å². The first-order chi connectivity index (χ1) is 16.0. The Kier molecular flexibility index (Phi) is 6.59. The third kappa shape index (κ3) is 5.15. The van der Waals surface area contributed by atoms with Crippen molar-refractivity contribution in [1.29, 1.82) is 0 Å². The van der Waals surface area contributed by atoms with Gasteiger partial charge in [0.25, 0.3) is 5.91 Å². The fourth-order valence-corrected chi connectivity index (χ4v) is 3.43. The van der Waals surface area contributed by atoms with Crippen LogP contribution in [0.2, 0.25) is 0 Å². The maximum absolute atomic E-state index is 13.3. The number of carbonyl (C=O) groups excluding carboxylic acids is 2. The van der Waals surface area contributed by atoms with Gasteiger partial charge in [0.1, 0.15) is 11.3 Å². The molecule has 0 aliphatic rings. The zero-order valence-electron chi connectivity index (χ0n) is 18.5. The highest BCUT2D eigenvalue weighted by molar-refractivity contribution is 5.97. The first-order valence-corrected chi connectivity index (χ1v) is 10.5. The van der Waals surface area contributed by atoms with Crippen LogP contribution >= 0.6 is 0 Å². The van der Waals surface area contributed by atoms with Gasteiger partial charge >= 0.3 is 5.97 Å². The number of nitrogens with zero attached hydrogens (tertiary/aromatic N) is 4. The van der Waals surface area contributed by atoms with Gasteiger partial charge in [0.15, 0.2) is 0 Å². The van der Waals surface area contributed by atoms with E-state index in [4.69, 9.17) is 4.74 Å². The smallest absolute Gasteiger partial charge is 0.343 e. The molecule has 33 heavy (non-hydrogen) atoms. The van der Waals surface area contributed by atoms with Crippen LogP contribution in [0.15, 0.2) is 91.4 Å². The minimum absolute atomic E-state index is 0.270. The van der Waals surface area contributed by atoms with E-state index >= 15 is 0 Å². The lowest BCUT2D eigenvalue weighted by Crippen LogP contribution is -2.31. The molecule has 0 bridgehead atoms. The monoisotopic (exact) mass is 440 g/mol. The molecule has 0 saturated carbocycles. The molecule has 0 aliphatic heterocycles. The topological polar surface area (TPSA) is 77.3 Å². The number of benzene rings is 2. The zero-order valence-corrected chi connectivity index (χ0v) is 18.5. The molecule has 0 unspecified atom stereocenters. The molecule has 0 fully saturated rings. The summed E-state index contributed by atoms with van der Waals surface area (Å²) in [6.07, 6.45) is 3.89. The van der Waals surface area contributed by atoms with Crippen molar-refractivity contribution in [2.45, 2.75) is 12.6 Å². The zero-order chi connectivity index (χ0) is 23.2. The summed E-state index contributed by atoms with van der Waals surface area (Å²) in [5.74, 6) is -0.952. The van der Waals surface area contributed by atoms with Gasteiger partial charge in [-0.2, -0.15) is 5.10 Å². The van der Waals surface area contributed by atoms with Crippen LogP contribution < -0.4 is 0 Å². The molecule has 2 aromatic heterocycles. The number of aromatic nitrogens is 3. The predicted molar refractivity (Wildman–Crippen MR) is 124 cm³/mol. The van der Waals surface area contributed by atoms with Gasteiger partial charge in [-0.25, -0.2) is 4.79 Å². The SMILES string of the molecule is CN(C)C(=O)[C@H](OC(=O)c1cn(Cc2ccccc2)nc1-c1cccnc1)c1ccccc1.